The van der Waals surface area contributed by atoms with Gasteiger partial charge in [0.05, 0.1) is 6.04 Å². The van der Waals surface area contributed by atoms with Crippen LogP contribution in [0.1, 0.15) is 61.0 Å². The fourth-order valence-electron chi connectivity index (χ4n) is 2.11. The zero-order valence-electron chi connectivity index (χ0n) is 11.9. The lowest BCUT2D eigenvalue weighted by Crippen LogP contribution is -2.14. The number of nitrogens with zero attached hydrogens (tertiary/aromatic N) is 4. The van der Waals surface area contributed by atoms with Crippen molar-refractivity contribution in [3.05, 3.63) is 17.5 Å². The molecular formula is C12H17N7O2. The molecule has 1 unspecified atom stereocenters. The minimum absolute atomic E-state index is 0.0532. The van der Waals surface area contributed by atoms with Crippen molar-refractivity contribution in [3.63, 3.8) is 0 Å². The number of amides is 1. The minimum atomic E-state index is -0.479. The Balaban J connectivity index is 1.66. The van der Waals surface area contributed by atoms with E-state index in [0.29, 0.717) is 11.7 Å². The van der Waals surface area contributed by atoms with Crippen LogP contribution in [0.2, 0.25) is 0 Å². The third-order valence-electron chi connectivity index (χ3n) is 3.27. The molecule has 0 aliphatic carbocycles. The quantitative estimate of drug-likeness (QED) is 0.767. The van der Waals surface area contributed by atoms with Crippen LogP contribution in [-0.2, 0) is 0 Å². The molecule has 3 N–H and O–H groups in total. The van der Waals surface area contributed by atoms with Gasteiger partial charge in [0, 0.05) is 5.92 Å². The van der Waals surface area contributed by atoms with E-state index in [9.17, 15) is 4.79 Å². The molecule has 2 aromatic heterocycles. The zero-order valence-corrected chi connectivity index (χ0v) is 11.9. The molecule has 0 spiro atoms. The molecule has 9 heteroatoms. The number of anilines is 1. The number of aromatic amines is 1. The van der Waals surface area contributed by atoms with Crippen LogP contribution in [0, 0.1) is 0 Å². The topological polar surface area (TPSA) is 122 Å². The van der Waals surface area contributed by atoms with E-state index < -0.39 is 5.91 Å². The molecule has 21 heavy (non-hydrogen) atoms. The second-order valence-electron chi connectivity index (χ2n) is 5.25. The summed E-state index contributed by atoms with van der Waals surface area (Å²) < 4.78 is 5.43. The Hall–Kier alpha value is -2.29. The molecule has 3 rings (SSSR count). The van der Waals surface area contributed by atoms with Crippen molar-refractivity contribution in [1.29, 1.82) is 0 Å². The highest BCUT2D eigenvalue weighted by Gasteiger charge is 2.23. The molecule has 3 heterocycles. The molecule has 0 saturated carbocycles. The van der Waals surface area contributed by atoms with Gasteiger partial charge in [-0.25, -0.2) is 4.98 Å². The number of aromatic nitrogens is 5. The SMILES string of the molecule is CC(C)c1nc(C(=O)Nc2nnc(C3CCCN3)o2)n[nH]1. The lowest BCUT2D eigenvalue weighted by Gasteiger charge is -2.02. The molecule has 1 amide bonds. The van der Waals surface area contributed by atoms with Crippen molar-refractivity contribution in [2.75, 3.05) is 11.9 Å². The second kappa shape index (κ2) is 5.60. The van der Waals surface area contributed by atoms with Crippen molar-refractivity contribution in [3.8, 4) is 0 Å². The molecule has 2 aromatic rings. The molecule has 1 aliphatic heterocycles. The summed E-state index contributed by atoms with van der Waals surface area (Å²) >= 11 is 0. The van der Waals surface area contributed by atoms with Crippen LogP contribution in [0.5, 0.6) is 0 Å². The van der Waals surface area contributed by atoms with Gasteiger partial charge in [0.15, 0.2) is 0 Å². The number of carbonyl (C=O) groups is 1. The number of hydrogen-bond acceptors (Lipinski definition) is 7. The summed E-state index contributed by atoms with van der Waals surface area (Å²) in [6, 6.07) is 0.124. The zero-order chi connectivity index (χ0) is 14.8. The third-order valence-corrected chi connectivity index (χ3v) is 3.27. The highest BCUT2D eigenvalue weighted by Crippen LogP contribution is 2.22. The van der Waals surface area contributed by atoms with Gasteiger partial charge < -0.3 is 9.73 Å². The Kier molecular flexibility index (Phi) is 3.65. The first kappa shape index (κ1) is 13.7. The second-order valence-corrected chi connectivity index (χ2v) is 5.25. The number of H-pyrrole nitrogens is 1. The monoisotopic (exact) mass is 291 g/mol. The van der Waals surface area contributed by atoms with Crippen LogP contribution in [-0.4, -0.2) is 37.8 Å². The first-order valence-corrected chi connectivity index (χ1v) is 6.94. The molecule has 1 atom stereocenters. The van der Waals surface area contributed by atoms with Gasteiger partial charge in [-0.2, -0.15) is 0 Å². The Labute approximate surface area is 120 Å². The Morgan fingerprint density at radius 1 is 1.43 bits per heavy atom. The molecular weight excluding hydrogens is 274 g/mol. The Morgan fingerprint density at radius 3 is 2.95 bits per heavy atom. The molecule has 112 valence electrons. The van der Waals surface area contributed by atoms with E-state index in [0.717, 1.165) is 19.4 Å². The van der Waals surface area contributed by atoms with Gasteiger partial charge in [0.2, 0.25) is 11.7 Å². The third kappa shape index (κ3) is 2.92. The fourth-order valence-corrected chi connectivity index (χ4v) is 2.11. The Bertz CT molecular complexity index is 627. The van der Waals surface area contributed by atoms with Gasteiger partial charge in [-0.1, -0.05) is 18.9 Å². The number of rotatable bonds is 4. The van der Waals surface area contributed by atoms with Gasteiger partial charge in [-0.15, -0.1) is 10.2 Å². The average molecular weight is 291 g/mol. The van der Waals surface area contributed by atoms with Gasteiger partial charge >= 0.3 is 6.01 Å². The normalized spacial score (nSPS) is 18.3. The lowest BCUT2D eigenvalue weighted by molar-refractivity contribution is 0.101. The summed E-state index contributed by atoms with van der Waals surface area (Å²) in [4.78, 5) is 16.1. The van der Waals surface area contributed by atoms with Crippen molar-refractivity contribution in [2.24, 2.45) is 0 Å². The van der Waals surface area contributed by atoms with Crippen LogP contribution < -0.4 is 10.6 Å². The van der Waals surface area contributed by atoms with Gasteiger partial charge in [0.25, 0.3) is 5.91 Å². The summed E-state index contributed by atoms with van der Waals surface area (Å²) in [5.74, 6) is 0.884. The fraction of sp³-hybridized carbons (Fsp3) is 0.583. The van der Waals surface area contributed by atoms with Gasteiger partial charge in [-0.3, -0.25) is 15.2 Å². The molecule has 0 bridgehead atoms. The smallest absolute Gasteiger partial charge is 0.322 e. The summed E-state index contributed by atoms with van der Waals surface area (Å²) in [5.41, 5.74) is 0. The predicted octanol–water partition coefficient (Wildman–Crippen LogP) is 0.988. The van der Waals surface area contributed by atoms with Crippen LogP contribution in [0.4, 0.5) is 6.01 Å². The van der Waals surface area contributed by atoms with E-state index in [1.165, 1.54) is 0 Å². The van der Waals surface area contributed by atoms with Gasteiger partial charge in [0.1, 0.15) is 5.82 Å². The predicted molar refractivity (Wildman–Crippen MR) is 72.7 cm³/mol. The van der Waals surface area contributed by atoms with Gasteiger partial charge in [-0.05, 0) is 19.4 Å². The summed E-state index contributed by atoms with van der Waals surface area (Å²) in [5, 5.41) is 20.1. The Morgan fingerprint density at radius 2 is 2.29 bits per heavy atom. The van der Waals surface area contributed by atoms with E-state index in [4.69, 9.17) is 4.42 Å². The maximum atomic E-state index is 12.0. The van der Waals surface area contributed by atoms with Crippen LogP contribution >= 0.6 is 0 Å². The molecule has 9 nitrogen and oxygen atoms in total. The van der Waals surface area contributed by atoms with E-state index in [1.54, 1.807) is 0 Å². The van der Waals surface area contributed by atoms with E-state index in [1.807, 2.05) is 13.8 Å². The molecule has 0 radical (unpaired) electrons. The first-order valence-electron chi connectivity index (χ1n) is 6.94. The maximum Gasteiger partial charge on any atom is 0.322 e. The summed E-state index contributed by atoms with van der Waals surface area (Å²) in [6.07, 6.45) is 2.03. The lowest BCUT2D eigenvalue weighted by atomic mass is 10.2. The summed E-state index contributed by atoms with van der Waals surface area (Å²) in [7, 11) is 0. The first-order chi connectivity index (χ1) is 10.1. The number of nitrogens with one attached hydrogen (secondary N) is 3. The number of hydrogen-bond donors (Lipinski definition) is 3. The van der Waals surface area contributed by atoms with Crippen LogP contribution in [0.15, 0.2) is 4.42 Å². The highest BCUT2D eigenvalue weighted by atomic mass is 16.4. The molecule has 0 aromatic carbocycles. The minimum Gasteiger partial charge on any atom is -0.406 e. The largest absolute Gasteiger partial charge is 0.406 e. The molecule has 1 aliphatic rings. The maximum absolute atomic E-state index is 12.0. The van der Waals surface area contributed by atoms with Crippen LogP contribution in [0.3, 0.4) is 0 Å². The van der Waals surface area contributed by atoms with E-state index in [2.05, 4.69) is 36.0 Å². The van der Waals surface area contributed by atoms with Crippen LogP contribution in [0.25, 0.3) is 0 Å². The van der Waals surface area contributed by atoms with E-state index in [-0.39, 0.29) is 23.8 Å². The molecule has 1 saturated heterocycles. The van der Waals surface area contributed by atoms with E-state index >= 15 is 0 Å². The van der Waals surface area contributed by atoms with Crippen molar-refractivity contribution in [2.45, 2.75) is 38.6 Å². The average Bonchev–Trinajstić information content (AvgIpc) is 3.19. The van der Waals surface area contributed by atoms with Crippen molar-refractivity contribution >= 4 is 11.9 Å². The summed E-state index contributed by atoms with van der Waals surface area (Å²) in [6.45, 7) is 4.85. The number of carbonyl (C=O) groups excluding carboxylic acids is 1. The highest BCUT2D eigenvalue weighted by molar-refractivity contribution is 6.00. The molecule has 1 fully saturated rings. The standard InChI is InChI=1S/C12H17N7O2/c1-6(2)8-14-9(17-16-8)10(20)15-12-19-18-11(21-12)7-4-3-5-13-7/h6-7,13H,3-5H2,1-2H3,(H,14,16,17)(H,15,19,20). The van der Waals surface area contributed by atoms with Crippen molar-refractivity contribution < 1.29 is 9.21 Å². The van der Waals surface area contributed by atoms with Crippen molar-refractivity contribution in [1.82, 2.24) is 30.7 Å².